The summed E-state index contributed by atoms with van der Waals surface area (Å²) >= 11 is 0. The van der Waals surface area contributed by atoms with Crippen LogP contribution >= 0.6 is 0 Å². The minimum absolute atomic E-state index is 0.0285. The third-order valence-corrected chi connectivity index (χ3v) is 2.90. The van der Waals surface area contributed by atoms with Crippen LogP contribution in [0.15, 0.2) is 12.1 Å². The largest absolute Gasteiger partial charge is 0.385 e. The van der Waals surface area contributed by atoms with E-state index in [2.05, 4.69) is 5.32 Å². The van der Waals surface area contributed by atoms with Gasteiger partial charge in [0.1, 0.15) is 5.69 Å². The van der Waals surface area contributed by atoms with Crippen molar-refractivity contribution in [2.24, 2.45) is 5.41 Å². The molecule has 0 aromatic heterocycles. The second-order valence-corrected chi connectivity index (χ2v) is 5.19. The number of methoxy groups -OCH3 is 1. The topological polar surface area (TPSA) is 45.0 Å². The summed E-state index contributed by atoms with van der Waals surface area (Å²) in [7, 11) is 1.61. The zero-order valence-electron chi connectivity index (χ0n) is 11.4. The molecule has 0 aliphatic carbocycles. The highest BCUT2D eigenvalue weighted by Crippen LogP contribution is 2.25. The lowest BCUT2D eigenvalue weighted by Crippen LogP contribution is -2.25. The van der Waals surface area contributed by atoms with Crippen LogP contribution in [0.1, 0.15) is 25.8 Å². The van der Waals surface area contributed by atoms with E-state index in [0.717, 1.165) is 18.6 Å². The van der Waals surface area contributed by atoms with E-state index in [1.54, 1.807) is 13.2 Å². The Morgan fingerprint density at radius 1 is 1.32 bits per heavy atom. The van der Waals surface area contributed by atoms with Crippen molar-refractivity contribution in [3.63, 3.8) is 0 Å². The Hall–Kier alpha value is -1.67. The van der Waals surface area contributed by atoms with Gasteiger partial charge in [-0.2, -0.15) is 5.26 Å². The maximum absolute atomic E-state index is 13.6. The molecule has 0 saturated heterocycles. The number of nitrogens with one attached hydrogen (secondary N) is 1. The van der Waals surface area contributed by atoms with Crippen LogP contribution in [0.25, 0.3) is 0 Å². The Morgan fingerprint density at radius 2 is 1.89 bits per heavy atom. The Labute approximate surface area is 112 Å². The third-order valence-electron chi connectivity index (χ3n) is 2.90. The van der Waals surface area contributed by atoms with Crippen molar-refractivity contribution in [1.82, 2.24) is 0 Å². The number of nitriles is 1. The minimum atomic E-state index is -0.751. The van der Waals surface area contributed by atoms with Crippen LogP contribution in [0, 0.1) is 28.4 Å². The SMILES string of the molecule is COCCC(C)(C)CNc1c(F)cc(C#N)cc1F. The van der Waals surface area contributed by atoms with Crippen LogP contribution in [0.5, 0.6) is 0 Å². The molecule has 0 fully saturated rings. The van der Waals surface area contributed by atoms with E-state index in [9.17, 15) is 8.78 Å². The second kappa shape index (κ2) is 6.48. The van der Waals surface area contributed by atoms with Gasteiger partial charge in [-0.15, -0.1) is 0 Å². The van der Waals surface area contributed by atoms with E-state index in [0.29, 0.717) is 13.2 Å². The maximum atomic E-state index is 13.6. The molecule has 5 heteroatoms. The highest BCUT2D eigenvalue weighted by Gasteiger charge is 2.19. The summed E-state index contributed by atoms with van der Waals surface area (Å²) in [5.74, 6) is -1.50. The van der Waals surface area contributed by atoms with Crippen LogP contribution in [-0.4, -0.2) is 20.3 Å². The average molecular weight is 268 g/mol. The average Bonchev–Trinajstić information content (AvgIpc) is 2.35. The molecule has 19 heavy (non-hydrogen) atoms. The van der Waals surface area contributed by atoms with Crippen molar-refractivity contribution in [2.45, 2.75) is 20.3 Å². The summed E-state index contributed by atoms with van der Waals surface area (Å²) in [5, 5.41) is 11.4. The number of hydrogen-bond donors (Lipinski definition) is 1. The van der Waals surface area contributed by atoms with E-state index >= 15 is 0 Å². The van der Waals surface area contributed by atoms with Gasteiger partial charge in [0.15, 0.2) is 11.6 Å². The van der Waals surface area contributed by atoms with Crippen molar-refractivity contribution in [3.05, 3.63) is 29.3 Å². The number of anilines is 1. The first-order valence-electron chi connectivity index (χ1n) is 6.01. The summed E-state index contributed by atoms with van der Waals surface area (Å²) in [6, 6.07) is 3.75. The van der Waals surface area contributed by atoms with E-state index in [-0.39, 0.29) is 16.7 Å². The molecule has 0 unspecified atom stereocenters. The van der Waals surface area contributed by atoms with Gasteiger partial charge < -0.3 is 10.1 Å². The zero-order valence-corrected chi connectivity index (χ0v) is 11.4. The monoisotopic (exact) mass is 268 g/mol. The Balaban J connectivity index is 2.76. The zero-order chi connectivity index (χ0) is 14.5. The molecule has 0 amide bonds. The molecule has 0 saturated carbocycles. The standard InChI is InChI=1S/C14H18F2N2O/c1-14(2,4-5-19-3)9-18-13-11(15)6-10(8-17)7-12(13)16/h6-7,18H,4-5,9H2,1-3H3. The molecule has 0 bridgehead atoms. The Morgan fingerprint density at radius 3 is 2.37 bits per heavy atom. The number of hydrogen-bond acceptors (Lipinski definition) is 3. The van der Waals surface area contributed by atoms with Gasteiger partial charge in [-0.05, 0) is 24.0 Å². The number of ether oxygens (including phenoxy) is 1. The van der Waals surface area contributed by atoms with Crippen molar-refractivity contribution in [3.8, 4) is 6.07 Å². The van der Waals surface area contributed by atoms with Gasteiger partial charge in [-0.3, -0.25) is 0 Å². The quantitative estimate of drug-likeness (QED) is 0.861. The molecular weight excluding hydrogens is 250 g/mol. The van der Waals surface area contributed by atoms with E-state index in [1.807, 2.05) is 13.8 Å². The van der Waals surface area contributed by atoms with Gasteiger partial charge in [-0.1, -0.05) is 13.8 Å². The van der Waals surface area contributed by atoms with Gasteiger partial charge in [0.2, 0.25) is 0 Å². The summed E-state index contributed by atoms with van der Waals surface area (Å²) in [6.07, 6.45) is 0.774. The smallest absolute Gasteiger partial charge is 0.150 e. The number of nitrogens with zero attached hydrogens (tertiary/aromatic N) is 1. The summed E-state index contributed by atoms with van der Waals surface area (Å²) in [6.45, 7) is 4.97. The first-order valence-corrected chi connectivity index (χ1v) is 6.01. The molecule has 1 rings (SSSR count). The van der Waals surface area contributed by atoms with E-state index < -0.39 is 11.6 Å². The van der Waals surface area contributed by atoms with Crippen LogP contribution in [0.2, 0.25) is 0 Å². The first-order chi connectivity index (χ1) is 8.89. The maximum Gasteiger partial charge on any atom is 0.150 e. The molecule has 0 aliphatic rings. The predicted octanol–water partition coefficient (Wildman–Crippen LogP) is 3.31. The lowest BCUT2D eigenvalue weighted by Gasteiger charge is -2.25. The fourth-order valence-corrected chi connectivity index (χ4v) is 1.60. The summed E-state index contributed by atoms with van der Waals surface area (Å²) in [5.41, 5.74) is -0.369. The molecule has 0 atom stereocenters. The molecule has 0 radical (unpaired) electrons. The lowest BCUT2D eigenvalue weighted by atomic mass is 9.89. The molecule has 1 aromatic carbocycles. The van der Waals surface area contributed by atoms with Gasteiger partial charge >= 0.3 is 0 Å². The second-order valence-electron chi connectivity index (χ2n) is 5.19. The van der Waals surface area contributed by atoms with Gasteiger partial charge in [0.05, 0.1) is 11.6 Å². The summed E-state index contributed by atoms with van der Waals surface area (Å²) < 4.78 is 32.3. The van der Waals surface area contributed by atoms with E-state index in [4.69, 9.17) is 10.00 Å². The third kappa shape index (κ3) is 4.49. The molecular formula is C14H18F2N2O. The van der Waals surface area contributed by atoms with Crippen LogP contribution < -0.4 is 5.32 Å². The Kier molecular flexibility index (Phi) is 5.25. The normalized spacial score (nSPS) is 11.2. The van der Waals surface area contributed by atoms with Gasteiger partial charge in [0, 0.05) is 20.3 Å². The molecule has 1 N–H and O–H groups in total. The highest BCUT2D eigenvalue weighted by atomic mass is 19.1. The van der Waals surface area contributed by atoms with Gasteiger partial charge in [-0.25, -0.2) is 8.78 Å². The fourth-order valence-electron chi connectivity index (χ4n) is 1.60. The number of rotatable bonds is 6. The predicted molar refractivity (Wildman–Crippen MR) is 69.8 cm³/mol. The minimum Gasteiger partial charge on any atom is -0.385 e. The number of halogens is 2. The fraction of sp³-hybridized carbons (Fsp3) is 0.500. The Bertz CT molecular complexity index is 458. The number of benzene rings is 1. The molecule has 1 aromatic rings. The van der Waals surface area contributed by atoms with Crippen LogP contribution in [-0.2, 0) is 4.74 Å². The molecule has 0 heterocycles. The van der Waals surface area contributed by atoms with Crippen molar-refractivity contribution in [2.75, 3.05) is 25.6 Å². The first kappa shape index (κ1) is 15.4. The molecule has 104 valence electrons. The molecule has 3 nitrogen and oxygen atoms in total. The summed E-state index contributed by atoms with van der Waals surface area (Å²) in [4.78, 5) is 0. The van der Waals surface area contributed by atoms with Crippen LogP contribution in [0.4, 0.5) is 14.5 Å². The highest BCUT2D eigenvalue weighted by molar-refractivity contribution is 5.50. The van der Waals surface area contributed by atoms with Crippen molar-refractivity contribution >= 4 is 5.69 Å². The lowest BCUT2D eigenvalue weighted by molar-refractivity contribution is 0.157. The molecule has 0 aliphatic heterocycles. The van der Waals surface area contributed by atoms with Crippen molar-refractivity contribution < 1.29 is 13.5 Å². The van der Waals surface area contributed by atoms with E-state index in [1.165, 1.54) is 0 Å². The van der Waals surface area contributed by atoms with Gasteiger partial charge in [0.25, 0.3) is 0 Å². The van der Waals surface area contributed by atoms with Crippen LogP contribution in [0.3, 0.4) is 0 Å². The van der Waals surface area contributed by atoms with Crippen molar-refractivity contribution in [1.29, 1.82) is 5.26 Å². The molecule has 0 spiro atoms.